The zero-order chi connectivity index (χ0) is 23.6. The topological polar surface area (TPSA) is 82.2 Å². The third-order valence-corrected chi connectivity index (χ3v) is 7.46. The summed E-state index contributed by atoms with van der Waals surface area (Å²) in [5.41, 5.74) is 6.82. The van der Waals surface area contributed by atoms with E-state index in [9.17, 15) is 19.6 Å². The third kappa shape index (κ3) is 3.33. The largest absolute Gasteiger partial charge is 0.390 e. The number of hydrogen-bond acceptors (Lipinski definition) is 4. The van der Waals surface area contributed by atoms with Crippen LogP contribution in [0.1, 0.15) is 65.2 Å². The Hall–Kier alpha value is -3.50. The molecular formula is C27H25FN4O2. The van der Waals surface area contributed by atoms with Crippen LogP contribution in [0.2, 0.25) is 0 Å². The molecule has 0 bridgehead atoms. The van der Waals surface area contributed by atoms with Crippen LogP contribution in [0.5, 0.6) is 0 Å². The highest BCUT2D eigenvalue weighted by molar-refractivity contribution is 5.75. The van der Waals surface area contributed by atoms with Gasteiger partial charge in [-0.3, -0.25) is 9.48 Å². The monoisotopic (exact) mass is 456 g/mol. The van der Waals surface area contributed by atoms with Gasteiger partial charge in [0.1, 0.15) is 11.9 Å². The van der Waals surface area contributed by atoms with Gasteiger partial charge >= 0.3 is 0 Å². The molecule has 3 aromatic rings. The average Bonchev–Trinajstić information content (AvgIpc) is 3.54. The van der Waals surface area contributed by atoms with Crippen LogP contribution in [0.4, 0.5) is 4.39 Å². The van der Waals surface area contributed by atoms with Crippen molar-refractivity contribution in [3.8, 4) is 17.3 Å². The van der Waals surface area contributed by atoms with Gasteiger partial charge in [0, 0.05) is 49.7 Å². The predicted octanol–water partition coefficient (Wildman–Crippen LogP) is 3.85. The first-order valence-corrected chi connectivity index (χ1v) is 11.8. The van der Waals surface area contributed by atoms with Gasteiger partial charge in [-0.05, 0) is 59.7 Å². The molecule has 34 heavy (non-hydrogen) atoms. The highest BCUT2D eigenvalue weighted by Crippen LogP contribution is 2.48. The van der Waals surface area contributed by atoms with Crippen LogP contribution in [0.15, 0.2) is 36.4 Å². The van der Waals surface area contributed by atoms with Crippen molar-refractivity contribution in [2.24, 2.45) is 0 Å². The molecule has 1 aromatic heterocycles. The van der Waals surface area contributed by atoms with Crippen LogP contribution in [0.25, 0.3) is 11.3 Å². The predicted molar refractivity (Wildman–Crippen MR) is 123 cm³/mol. The van der Waals surface area contributed by atoms with E-state index >= 15 is 0 Å². The summed E-state index contributed by atoms with van der Waals surface area (Å²) >= 11 is 0. The summed E-state index contributed by atoms with van der Waals surface area (Å²) < 4.78 is 16.5. The number of aromatic nitrogens is 2. The van der Waals surface area contributed by atoms with E-state index in [1.165, 1.54) is 0 Å². The van der Waals surface area contributed by atoms with Gasteiger partial charge in [-0.1, -0.05) is 12.1 Å². The van der Waals surface area contributed by atoms with Crippen LogP contribution in [0.3, 0.4) is 0 Å². The van der Waals surface area contributed by atoms with E-state index in [-0.39, 0.29) is 11.7 Å². The standard InChI is InChI=1S/C27H25FN4O2/c1-15(33)31-8-7-24-23(14-31)26(18-4-2-3-16(9-18)13-29)30-32(24)27-22-11-19(28)10-20(17-5-6-17)21(22)12-25(27)34/h2-4,9-11,17,25,27,34H,5-8,12,14H2,1H3/t25-,27-/m1/s1. The minimum atomic E-state index is -0.706. The Balaban J connectivity index is 1.52. The second-order valence-electron chi connectivity index (χ2n) is 9.65. The molecule has 0 spiro atoms. The van der Waals surface area contributed by atoms with E-state index < -0.39 is 12.1 Å². The Bertz CT molecular complexity index is 1370. The molecule has 0 unspecified atom stereocenters. The lowest BCUT2D eigenvalue weighted by Crippen LogP contribution is -2.35. The zero-order valence-electron chi connectivity index (χ0n) is 19.0. The van der Waals surface area contributed by atoms with Crippen molar-refractivity contribution in [2.75, 3.05) is 6.54 Å². The molecule has 1 fully saturated rings. The van der Waals surface area contributed by atoms with Gasteiger partial charge in [-0.15, -0.1) is 0 Å². The van der Waals surface area contributed by atoms with Gasteiger partial charge in [0.25, 0.3) is 0 Å². The molecule has 6 nitrogen and oxygen atoms in total. The number of fused-ring (bicyclic) bond motifs is 2. The molecule has 0 saturated heterocycles. The number of halogens is 1. The SMILES string of the molecule is CC(=O)N1CCc2c(c(-c3cccc(C#N)c3)nn2[C@@H]2c3cc(F)cc(C4CC4)c3C[C@H]2O)C1. The first-order chi connectivity index (χ1) is 16.4. The Kier molecular flexibility index (Phi) is 4.82. The molecule has 1 N–H and O–H groups in total. The minimum absolute atomic E-state index is 0.00230. The van der Waals surface area contributed by atoms with Crippen molar-refractivity contribution in [3.63, 3.8) is 0 Å². The van der Waals surface area contributed by atoms with E-state index in [1.54, 1.807) is 36.1 Å². The Morgan fingerprint density at radius 3 is 2.74 bits per heavy atom. The molecule has 0 radical (unpaired) electrons. The summed E-state index contributed by atoms with van der Waals surface area (Å²) in [6.45, 7) is 2.55. The molecule has 1 saturated carbocycles. The maximum absolute atomic E-state index is 14.7. The number of carbonyl (C=O) groups excluding carboxylic acids is 1. The second-order valence-corrected chi connectivity index (χ2v) is 9.65. The van der Waals surface area contributed by atoms with Crippen molar-refractivity contribution >= 4 is 5.91 Å². The summed E-state index contributed by atoms with van der Waals surface area (Å²) in [5.74, 6) is 0.110. The van der Waals surface area contributed by atoms with E-state index in [0.29, 0.717) is 43.1 Å². The van der Waals surface area contributed by atoms with Crippen LogP contribution in [-0.2, 0) is 24.2 Å². The molecule has 2 aromatic carbocycles. The van der Waals surface area contributed by atoms with Gasteiger partial charge in [-0.25, -0.2) is 4.39 Å². The van der Waals surface area contributed by atoms with Crippen molar-refractivity contribution < 1.29 is 14.3 Å². The molecule has 2 aliphatic carbocycles. The first-order valence-electron chi connectivity index (χ1n) is 11.8. The van der Waals surface area contributed by atoms with Crippen LogP contribution in [-0.4, -0.2) is 38.3 Å². The second kappa shape index (κ2) is 7.78. The van der Waals surface area contributed by atoms with Gasteiger partial charge in [0.15, 0.2) is 0 Å². The zero-order valence-corrected chi connectivity index (χ0v) is 19.0. The third-order valence-electron chi connectivity index (χ3n) is 7.46. The summed E-state index contributed by atoms with van der Waals surface area (Å²) in [7, 11) is 0. The number of nitriles is 1. The van der Waals surface area contributed by atoms with E-state index in [1.807, 2.05) is 16.8 Å². The molecule has 1 aliphatic heterocycles. The summed E-state index contributed by atoms with van der Waals surface area (Å²) in [6, 6.07) is 12.1. The summed E-state index contributed by atoms with van der Waals surface area (Å²) in [6.07, 6.45) is 2.51. The highest BCUT2D eigenvalue weighted by atomic mass is 19.1. The van der Waals surface area contributed by atoms with Gasteiger partial charge in [0.2, 0.25) is 5.91 Å². The Labute approximate surface area is 197 Å². The lowest BCUT2D eigenvalue weighted by atomic mass is 9.97. The number of rotatable bonds is 3. The van der Waals surface area contributed by atoms with Crippen LogP contribution >= 0.6 is 0 Å². The van der Waals surface area contributed by atoms with Crippen LogP contribution in [0, 0.1) is 17.1 Å². The fourth-order valence-corrected chi connectivity index (χ4v) is 5.67. The number of hydrogen-bond donors (Lipinski definition) is 1. The molecule has 3 aliphatic rings. The number of nitrogens with zero attached hydrogens (tertiary/aromatic N) is 4. The molecule has 6 rings (SSSR count). The lowest BCUT2D eigenvalue weighted by molar-refractivity contribution is -0.129. The Morgan fingerprint density at radius 2 is 2.00 bits per heavy atom. The van der Waals surface area contributed by atoms with E-state index in [2.05, 4.69) is 6.07 Å². The first kappa shape index (κ1) is 21.1. The van der Waals surface area contributed by atoms with E-state index in [0.717, 1.165) is 46.4 Å². The summed E-state index contributed by atoms with van der Waals surface area (Å²) in [4.78, 5) is 13.9. The average molecular weight is 457 g/mol. The quantitative estimate of drug-likeness (QED) is 0.649. The van der Waals surface area contributed by atoms with Crippen molar-refractivity contribution in [3.05, 3.63) is 75.7 Å². The molecule has 2 heterocycles. The molecule has 7 heteroatoms. The van der Waals surface area contributed by atoms with Crippen molar-refractivity contribution in [1.29, 1.82) is 5.26 Å². The number of aliphatic hydroxyl groups excluding tert-OH is 1. The van der Waals surface area contributed by atoms with E-state index in [4.69, 9.17) is 5.10 Å². The fourth-order valence-electron chi connectivity index (χ4n) is 5.67. The smallest absolute Gasteiger partial charge is 0.219 e. The van der Waals surface area contributed by atoms with Gasteiger partial charge in [0.05, 0.1) is 23.4 Å². The summed E-state index contributed by atoms with van der Waals surface area (Å²) in [5, 5.41) is 25.6. The number of amides is 1. The van der Waals surface area contributed by atoms with Crippen LogP contribution < -0.4 is 0 Å². The fraction of sp³-hybridized carbons (Fsp3) is 0.370. The maximum atomic E-state index is 14.7. The maximum Gasteiger partial charge on any atom is 0.219 e. The minimum Gasteiger partial charge on any atom is -0.390 e. The Morgan fingerprint density at radius 1 is 1.21 bits per heavy atom. The highest BCUT2D eigenvalue weighted by Gasteiger charge is 2.40. The lowest BCUT2D eigenvalue weighted by Gasteiger charge is -2.28. The number of benzene rings is 2. The van der Waals surface area contributed by atoms with Crippen molar-refractivity contribution in [1.82, 2.24) is 14.7 Å². The van der Waals surface area contributed by atoms with Gasteiger partial charge in [-0.2, -0.15) is 10.4 Å². The normalized spacial score (nSPS) is 21.2. The molecule has 2 atom stereocenters. The molecular weight excluding hydrogens is 431 g/mol. The molecule has 172 valence electrons. The van der Waals surface area contributed by atoms with Gasteiger partial charge < -0.3 is 10.0 Å². The number of aliphatic hydroxyl groups is 1. The van der Waals surface area contributed by atoms with Crippen molar-refractivity contribution in [2.45, 2.75) is 57.2 Å². The molecule has 1 amide bonds. The number of carbonyl (C=O) groups is 1.